The topological polar surface area (TPSA) is 46.1 Å². The van der Waals surface area contributed by atoms with Gasteiger partial charge in [0.25, 0.3) is 5.91 Å². The summed E-state index contributed by atoms with van der Waals surface area (Å²) in [6, 6.07) is 11.8. The first-order chi connectivity index (χ1) is 10.7. The summed E-state index contributed by atoms with van der Waals surface area (Å²) < 4.78 is 0. The minimum Gasteiger partial charge on any atom is -0.282 e. The van der Waals surface area contributed by atoms with Crippen LogP contribution in [0.3, 0.4) is 0 Å². The first-order valence-electron chi connectivity index (χ1n) is 6.95. The molecular weight excluding hydrogens is 314 g/mol. The van der Waals surface area contributed by atoms with Crippen molar-refractivity contribution in [2.24, 2.45) is 0 Å². The SMILES string of the molecule is CCN(C(=O)c1cccs1)c1nnc(-c2cccc(C)c2)s1. The van der Waals surface area contributed by atoms with Crippen LogP contribution in [0.25, 0.3) is 10.6 Å². The molecular formula is C16H15N3OS2. The number of hydrogen-bond acceptors (Lipinski definition) is 5. The van der Waals surface area contributed by atoms with Crippen LogP contribution < -0.4 is 4.90 Å². The van der Waals surface area contributed by atoms with Gasteiger partial charge in [-0.05, 0) is 31.4 Å². The van der Waals surface area contributed by atoms with Gasteiger partial charge < -0.3 is 0 Å². The third kappa shape index (κ3) is 2.93. The Labute approximate surface area is 137 Å². The van der Waals surface area contributed by atoms with Gasteiger partial charge in [-0.3, -0.25) is 9.69 Å². The summed E-state index contributed by atoms with van der Waals surface area (Å²) in [5, 5.41) is 11.8. The normalized spacial score (nSPS) is 10.6. The van der Waals surface area contributed by atoms with Gasteiger partial charge in [0.05, 0.1) is 4.88 Å². The van der Waals surface area contributed by atoms with Gasteiger partial charge >= 0.3 is 0 Å². The average Bonchev–Trinajstić information content (AvgIpc) is 3.20. The van der Waals surface area contributed by atoms with E-state index in [0.29, 0.717) is 16.6 Å². The maximum absolute atomic E-state index is 12.5. The Morgan fingerprint density at radius 1 is 1.23 bits per heavy atom. The molecule has 0 aliphatic rings. The molecule has 2 heterocycles. The fourth-order valence-electron chi connectivity index (χ4n) is 2.12. The molecule has 0 N–H and O–H groups in total. The van der Waals surface area contributed by atoms with E-state index in [1.54, 1.807) is 4.90 Å². The highest BCUT2D eigenvalue weighted by Gasteiger charge is 2.21. The van der Waals surface area contributed by atoms with Gasteiger partial charge in [0.1, 0.15) is 5.01 Å². The molecule has 22 heavy (non-hydrogen) atoms. The number of aromatic nitrogens is 2. The molecule has 6 heteroatoms. The van der Waals surface area contributed by atoms with Crippen molar-refractivity contribution in [2.45, 2.75) is 13.8 Å². The number of amides is 1. The van der Waals surface area contributed by atoms with Gasteiger partial charge in [0, 0.05) is 12.1 Å². The van der Waals surface area contributed by atoms with Crippen molar-refractivity contribution in [3.63, 3.8) is 0 Å². The number of hydrogen-bond donors (Lipinski definition) is 0. The van der Waals surface area contributed by atoms with Crippen LogP contribution in [0.15, 0.2) is 41.8 Å². The largest absolute Gasteiger partial charge is 0.282 e. The van der Waals surface area contributed by atoms with E-state index in [9.17, 15) is 4.79 Å². The number of aryl methyl sites for hydroxylation is 1. The second-order valence-corrected chi connectivity index (χ2v) is 6.69. The second-order valence-electron chi connectivity index (χ2n) is 4.79. The average molecular weight is 329 g/mol. The molecule has 0 radical (unpaired) electrons. The number of rotatable bonds is 4. The van der Waals surface area contributed by atoms with Crippen molar-refractivity contribution in [2.75, 3.05) is 11.4 Å². The number of benzene rings is 1. The standard InChI is InChI=1S/C16H15N3OS2/c1-3-19(15(20)13-8-5-9-21-13)16-18-17-14(22-16)12-7-4-6-11(2)10-12/h4-10H,3H2,1-2H3. The molecule has 0 aliphatic heterocycles. The van der Waals surface area contributed by atoms with Crippen LogP contribution in [0, 0.1) is 6.92 Å². The highest BCUT2D eigenvalue weighted by molar-refractivity contribution is 7.18. The summed E-state index contributed by atoms with van der Waals surface area (Å²) >= 11 is 2.88. The second kappa shape index (κ2) is 6.37. The van der Waals surface area contributed by atoms with Gasteiger partial charge in [0.15, 0.2) is 0 Å². The van der Waals surface area contributed by atoms with E-state index in [4.69, 9.17) is 0 Å². The number of carbonyl (C=O) groups excluding carboxylic acids is 1. The van der Waals surface area contributed by atoms with Crippen LogP contribution >= 0.6 is 22.7 Å². The van der Waals surface area contributed by atoms with Crippen LogP contribution in [0.2, 0.25) is 0 Å². The van der Waals surface area contributed by atoms with Gasteiger partial charge in [-0.15, -0.1) is 21.5 Å². The molecule has 1 aromatic carbocycles. The Bertz CT molecular complexity index is 780. The first kappa shape index (κ1) is 14.9. The van der Waals surface area contributed by atoms with Crippen LogP contribution in [0.4, 0.5) is 5.13 Å². The van der Waals surface area contributed by atoms with E-state index in [0.717, 1.165) is 10.6 Å². The Hall–Kier alpha value is -2.05. The molecule has 0 spiro atoms. The number of thiophene rings is 1. The lowest BCUT2D eigenvalue weighted by atomic mass is 10.1. The molecule has 0 unspecified atom stereocenters. The first-order valence-corrected chi connectivity index (χ1v) is 8.64. The Kier molecular flexibility index (Phi) is 4.31. The minimum atomic E-state index is -0.0237. The number of anilines is 1. The van der Waals surface area contributed by atoms with Crippen molar-refractivity contribution >= 4 is 33.7 Å². The zero-order valence-corrected chi connectivity index (χ0v) is 13.9. The number of nitrogens with zero attached hydrogens (tertiary/aromatic N) is 3. The molecule has 4 nitrogen and oxygen atoms in total. The number of carbonyl (C=O) groups is 1. The van der Waals surface area contributed by atoms with E-state index in [-0.39, 0.29) is 5.91 Å². The summed E-state index contributed by atoms with van der Waals surface area (Å²) in [5.41, 5.74) is 2.21. The Balaban J connectivity index is 1.90. The fraction of sp³-hybridized carbons (Fsp3) is 0.188. The summed E-state index contributed by atoms with van der Waals surface area (Å²) in [6.07, 6.45) is 0. The molecule has 0 atom stereocenters. The summed E-state index contributed by atoms with van der Waals surface area (Å²) in [5.74, 6) is -0.0237. The molecule has 0 fully saturated rings. The van der Waals surface area contributed by atoms with E-state index in [2.05, 4.69) is 16.3 Å². The third-order valence-corrected chi connectivity index (χ3v) is 5.06. The highest BCUT2D eigenvalue weighted by Crippen LogP contribution is 2.30. The monoisotopic (exact) mass is 329 g/mol. The maximum Gasteiger partial charge on any atom is 0.270 e. The highest BCUT2D eigenvalue weighted by atomic mass is 32.1. The maximum atomic E-state index is 12.5. The molecule has 3 rings (SSSR count). The van der Waals surface area contributed by atoms with Crippen LogP contribution in [-0.4, -0.2) is 22.6 Å². The predicted octanol–water partition coefficient (Wildman–Crippen LogP) is 4.24. The lowest BCUT2D eigenvalue weighted by Crippen LogP contribution is -2.29. The smallest absolute Gasteiger partial charge is 0.270 e. The zero-order valence-electron chi connectivity index (χ0n) is 12.3. The summed E-state index contributed by atoms with van der Waals surface area (Å²) in [4.78, 5) is 14.9. The third-order valence-electron chi connectivity index (χ3n) is 3.20. The zero-order chi connectivity index (χ0) is 15.5. The predicted molar refractivity (Wildman–Crippen MR) is 91.8 cm³/mol. The van der Waals surface area contributed by atoms with Gasteiger partial charge in [-0.2, -0.15) is 0 Å². The molecule has 2 aromatic heterocycles. The summed E-state index contributed by atoms with van der Waals surface area (Å²) in [6.45, 7) is 4.56. The van der Waals surface area contributed by atoms with Crippen LogP contribution in [0.1, 0.15) is 22.2 Å². The van der Waals surface area contributed by atoms with Crippen molar-refractivity contribution in [1.29, 1.82) is 0 Å². The van der Waals surface area contributed by atoms with Gasteiger partial charge in [-0.1, -0.05) is 41.2 Å². The lowest BCUT2D eigenvalue weighted by Gasteiger charge is -2.15. The quantitative estimate of drug-likeness (QED) is 0.719. The van der Waals surface area contributed by atoms with Gasteiger partial charge in [-0.25, -0.2) is 0 Å². The van der Waals surface area contributed by atoms with E-state index in [1.165, 1.54) is 28.2 Å². The molecule has 0 saturated carbocycles. The van der Waals surface area contributed by atoms with E-state index >= 15 is 0 Å². The molecule has 112 valence electrons. The Morgan fingerprint density at radius 2 is 2.09 bits per heavy atom. The van der Waals surface area contributed by atoms with E-state index < -0.39 is 0 Å². The van der Waals surface area contributed by atoms with Crippen LogP contribution in [-0.2, 0) is 0 Å². The lowest BCUT2D eigenvalue weighted by molar-refractivity contribution is 0.0992. The molecule has 1 amide bonds. The Morgan fingerprint density at radius 3 is 2.77 bits per heavy atom. The molecule has 0 saturated heterocycles. The van der Waals surface area contributed by atoms with Crippen molar-refractivity contribution in [3.8, 4) is 10.6 Å². The van der Waals surface area contributed by atoms with Gasteiger partial charge in [0.2, 0.25) is 5.13 Å². The summed E-state index contributed by atoms with van der Waals surface area (Å²) in [7, 11) is 0. The van der Waals surface area contributed by atoms with E-state index in [1.807, 2.05) is 49.6 Å². The van der Waals surface area contributed by atoms with Crippen molar-refractivity contribution in [1.82, 2.24) is 10.2 Å². The molecule has 0 bridgehead atoms. The van der Waals surface area contributed by atoms with Crippen LogP contribution in [0.5, 0.6) is 0 Å². The fourth-order valence-corrected chi connectivity index (χ4v) is 3.69. The minimum absolute atomic E-state index is 0.0237. The molecule has 3 aromatic rings. The molecule has 0 aliphatic carbocycles. The van der Waals surface area contributed by atoms with Crippen molar-refractivity contribution in [3.05, 3.63) is 52.2 Å². The van der Waals surface area contributed by atoms with Crippen molar-refractivity contribution < 1.29 is 4.79 Å².